The van der Waals surface area contributed by atoms with E-state index in [0.29, 0.717) is 0 Å². The summed E-state index contributed by atoms with van der Waals surface area (Å²) < 4.78 is 0. The maximum Gasteiger partial charge on any atom is 0.193 e. The molecule has 0 aromatic rings. The van der Waals surface area contributed by atoms with Crippen molar-refractivity contribution in [2.24, 2.45) is 4.99 Å². The normalized spacial score (nSPS) is 21.5. The second-order valence-electron chi connectivity index (χ2n) is 6.28. The average Bonchev–Trinajstić information content (AvgIpc) is 2.93. The minimum atomic E-state index is 0. The molecule has 2 fully saturated rings. The Morgan fingerprint density at radius 2 is 1.77 bits per heavy atom. The first-order valence-corrected chi connectivity index (χ1v) is 8.73. The summed E-state index contributed by atoms with van der Waals surface area (Å²) in [5, 5.41) is 3.43. The average molecular weight is 423 g/mol. The van der Waals surface area contributed by atoms with E-state index in [1.165, 1.54) is 71.5 Å². The van der Waals surface area contributed by atoms with Crippen molar-refractivity contribution < 1.29 is 0 Å². The zero-order chi connectivity index (χ0) is 14.9. The molecule has 2 aliphatic rings. The molecule has 2 aliphatic heterocycles. The third-order valence-corrected chi connectivity index (χ3v) is 4.45. The molecule has 1 N–H and O–H groups in total. The lowest BCUT2D eigenvalue weighted by Gasteiger charge is -2.22. The van der Waals surface area contributed by atoms with E-state index in [2.05, 4.69) is 34.0 Å². The number of guanidine groups is 1. The van der Waals surface area contributed by atoms with Gasteiger partial charge in [0.2, 0.25) is 0 Å². The van der Waals surface area contributed by atoms with Crippen LogP contribution in [0, 0.1) is 0 Å². The highest BCUT2D eigenvalue weighted by Gasteiger charge is 2.15. The van der Waals surface area contributed by atoms with Gasteiger partial charge in [-0.25, -0.2) is 0 Å². The number of likely N-dealkylation sites (N-methyl/N-ethyl adjacent to an activating group) is 1. The van der Waals surface area contributed by atoms with E-state index in [9.17, 15) is 0 Å². The summed E-state index contributed by atoms with van der Waals surface area (Å²) in [6.45, 7) is 12.5. The van der Waals surface area contributed by atoms with Crippen molar-refractivity contribution in [3.8, 4) is 0 Å². The zero-order valence-electron chi connectivity index (χ0n) is 14.4. The molecule has 6 heteroatoms. The molecule has 5 nitrogen and oxygen atoms in total. The lowest BCUT2D eigenvalue weighted by molar-refractivity contribution is 0.275. The van der Waals surface area contributed by atoms with Gasteiger partial charge in [-0.15, -0.1) is 24.0 Å². The number of nitrogens with zero attached hydrogens (tertiary/aromatic N) is 4. The molecule has 0 aromatic carbocycles. The number of nitrogens with one attached hydrogen (secondary N) is 1. The molecule has 22 heavy (non-hydrogen) atoms. The summed E-state index contributed by atoms with van der Waals surface area (Å²) in [6.07, 6.45) is 5.10. The molecule has 0 saturated carbocycles. The molecule has 0 spiro atoms. The van der Waals surface area contributed by atoms with Gasteiger partial charge in [-0.05, 0) is 59.3 Å². The van der Waals surface area contributed by atoms with E-state index in [4.69, 9.17) is 4.99 Å². The maximum absolute atomic E-state index is 4.81. The van der Waals surface area contributed by atoms with Crippen LogP contribution in [0.4, 0.5) is 0 Å². The molecule has 0 bridgehead atoms. The van der Waals surface area contributed by atoms with E-state index in [-0.39, 0.29) is 24.0 Å². The third-order valence-electron chi connectivity index (χ3n) is 4.45. The van der Waals surface area contributed by atoms with Crippen LogP contribution in [0.25, 0.3) is 0 Å². The largest absolute Gasteiger partial charge is 0.357 e. The standard InChI is InChI=1S/C16H33N5.HI/c1-3-17-16(21-12-4-5-13-21)18-8-6-10-20-11-7-9-19(2)14-15-20;/h3-15H2,1-2H3,(H,17,18);1H. The Labute approximate surface area is 153 Å². The lowest BCUT2D eigenvalue weighted by Crippen LogP contribution is -2.39. The number of halogens is 1. The summed E-state index contributed by atoms with van der Waals surface area (Å²) in [6, 6.07) is 0. The molecule has 2 rings (SSSR count). The summed E-state index contributed by atoms with van der Waals surface area (Å²) in [5.41, 5.74) is 0. The van der Waals surface area contributed by atoms with Crippen molar-refractivity contribution in [3.63, 3.8) is 0 Å². The van der Waals surface area contributed by atoms with Gasteiger partial charge in [-0.1, -0.05) is 0 Å². The van der Waals surface area contributed by atoms with E-state index in [0.717, 1.165) is 19.0 Å². The van der Waals surface area contributed by atoms with Crippen molar-refractivity contribution in [1.82, 2.24) is 20.0 Å². The molecule has 0 amide bonds. The minimum absolute atomic E-state index is 0. The van der Waals surface area contributed by atoms with Crippen LogP contribution in [0.1, 0.15) is 32.6 Å². The fraction of sp³-hybridized carbons (Fsp3) is 0.938. The van der Waals surface area contributed by atoms with Crippen molar-refractivity contribution in [1.29, 1.82) is 0 Å². The summed E-state index contributed by atoms with van der Waals surface area (Å²) >= 11 is 0. The molecule has 0 atom stereocenters. The smallest absolute Gasteiger partial charge is 0.193 e. The highest BCUT2D eigenvalue weighted by molar-refractivity contribution is 14.0. The molecule has 2 heterocycles. The lowest BCUT2D eigenvalue weighted by atomic mass is 10.3. The molecule has 0 radical (unpaired) electrons. The summed E-state index contributed by atoms with van der Waals surface area (Å²) in [7, 11) is 2.23. The van der Waals surface area contributed by atoms with Gasteiger partial charge in [0.25, 0.3) is 0 Å². The highest BCUT2D eigenvalue weighted by Crippen LogP contribution is 2.07. The Hall–Kier alpha value is -0.0800. The topological polar surface area (TPSA) is 34.1 Å². The first-order valence-electron chi connectivity index (χ1n) is 8.73. The van der Waals surface area contributed by atoms with Crippen molar-refractivity contribution in [2.45, 2.75) is 32.6 Å². The predicted octanol–water partition coefficient (Wildman–Crippen LogP) is 1.69. The minimum Gasteiger partial charge on any atom is -0.357 e. The molecule has 0 aliphatic carbocycles. The second-order valence-corrected chi connectivity index (χ2v) is 6.28. The van der Waals surface area contributed by atoms with E-state index < -0.39 is 0 Å². The Bertz CT molecular complexity index is 318. The second kappa shape index (κ2) is 11.5. The van der Waals surface area contributed by atoms with Gasteiger partial charge in [0, 0.05) is 39.3 Å². The molecular formula is C16H34IN5. The highest BCUT2D eigenvalue weighted by atomic mass is 127. The molecule has 0 aromatic heterocycles. The van der Waals surface area contributed by atoms with Crippen LogP contribution in [0.15, 0.2) is 4.99 Å². The Morgan fingerprint density at radius 1 is 1.00 bits per heavy atom. The summed E-state index contributed by atoms with van der Waals surface area (Å²) in [5.74, 6) is 1.13. The van der Waals surface area contributed by atoms with Gasteiger partial charge in [-0.3, -0.25) is 4.99 Å². The molecular weight excluding hydrogens is 389 g/mol. The third kappa shape index (κ3) is 7.00. The Morgan fingerprint density at radius 3 is 2.50 bits per heavy atom. The quantitative estimate of drug-likeness (QED) is 0.316. The van der Waals surface area contributed by atoms with Crippen molar-refractivity contribution in [2.75, 3.05) is 66.0 Å². The first-order chi connectivity index (χ1) is 10.3. The van der Waals surface area contributed by atoms with E-state index in [1.54, 1.807) is 0 Å². The van der Waals surface area contributed by atoms with Crippen LogP contribution in [0.5, 0.6) is 0 Å². The van der Waals surface area contributed by atoms with Gasteiger partial charge in [0.05, 0.1) is 0 Å². The maximum atomic E-state index is 4.81. The van der Waals surface area contributed by atoms with Crippen LogP contribution < -0.4 is 5.32 Å². The van der Waals surface area contributed by atoms with Crippen LogP contribution in [-0.4, -0.2) is 86.6 Å². The van der Waals surface area contributed by atoms with Crippen LogP contribution >= 0.6 is 24.0 Å². The van der Waals surface area contributed by atoms with Gasteiger partial charge in [0.15, 0.2) is 5.96 Å². The van der Waals surface area contributed by atoms with E-state index in [1.807, 2.05) is 0 Å². The SMILES string of the molecule is CCNC(=NCCCN1CCCN(C)CC1)N1CCCC1.I. The number of aliphatic imine (C=N–C) groups is 1. The monoisotopic (exact) mass is 423 g/mol. The zero-order valence-corrected chi connectivity index (χ0v) is 16.7. The number of hydrogen-bond acceptors (Lipinski definition) is 3. The number of rotatable bonds is 5. The first kappa shape index (κ1) is 20.0. The van der Waals surface area contributed by atoms with Crippen LogP contribution in [0.3, 0.4) is 0 Å². The summed E-state index contributed by atoms with van der Waals surface area (Å²) in [4.78, 5) is 12.3. The van der Waals surface area contributed by atoms with Crippen LogP contribution in [-0.2, 0) is 0 Å². The van der Waals surface area contributed by atoms with Crippen molar-refractivity contribution >= 4 is 29.9 Å². The molecule has 130 valence electrons. The number of hydrogen-bond donors (Lipinski definition) is 1. The number of likely N-dealkylation sites (tertiary alicyclic amines) is 1. The Balaban J connectivity index is 0.00000242. The van der Waals surface area contributed by atoms with Gasteiger partial charge >= 0.3 is 0 Å². The van der Waals surface area contributed by atoms with Crippen LogP contribution in [0.2, 0.25) is 0 Å². The Kier molecular flexibility index (Phi) is 10.4. The predicted molar refractivity (Wildman–Crippen MR) is 105 cm³/mol. The molecule has 2 saturated heterocycles. The van der Waals surface area contributed by atoms with E-state index >= 15 is 0 Å². The fourth-order valence-corrected chi connectivity index (χ4v) is 3.16. The van der Waals surface area contributed by atoms with Crippen molar-refractivity contribution in [3.05, 3.63) is 0 Å². The van der Waals surface area contributed by atoms with Gasteiger partial charge in [0.1, 0.15) is 0 Å². The van der Waals surface area contributed by atoms with Gasteiger partial charge < -0.3 is 20.0 Å². The fourth-order valence-electron chi connectivity index (χ4n) is 3.16. The van der Waals surface area contributed by atoms with Gasteiger partial charge in [-0.2, -0.15) is 0 Å². The molecule has 0 unspecified atom stereocenters.